The molecule has 0 atom stereocenters. The molecule has 0 bridgehead atoms. The number of phenolic OH excluding ortho intramolecular Hbond substituents is 1. The average Bonchev–Trinajstić information content (AvgIpc) is 2.42. The molecule has 0 radical (unpaired) electrons. The van der Waals surface area contributed by atoms with E-state index in [9.17, 15) is 13.6 Å². The predicted octanol–water partition coefficient (Wildman–Crippen LogP) is 1.10. The quantitative estimate of drug-likeness (QED) is 0.649. The normalized spacial score (nSPS) is 10.9. The SMILES string of the molecule is O=c1[nH]c2c(F)c(O)c(F)cc2o1. The number of aromatic hydroxyl groups is 1. The molecule has 0 aliphatic carbocycles. The molecular formula is C7H3F2NO3. The third kappa shape index (κ3) is 0.986. The minimum atomic E-state index is -1.24. The van der Waals surface area contributed by atoms with E-state index in [4.69, 9.17) is 5.11 Å². The molecule has 1 aromatic heterocycles. The Morgan fingerprint density at radius 2 is 2.15 bits per heavy atom. The van der Waals surface area contributed by atoms with Gasteiger partial charge in [0.25, 0.3) is 0 Å². The van der Waals surface area contributed by atoms with Crippen molar-refractivity contribution in [2.24, 2.45) is 0 Å². The van der Waals surface area contributed by atoms with Crippen molar-refractivity contribution in [3.63, 3.8) is 0 Å². The summed E-state index contributed by atoms with van der Waals surface area (Å²) in [6, 6.07) is 0.728. The van der Waals surface area contributed by atoms with Gasteiger partial charge in [-0.3, -0.25) is 4.98 Å². The number of H-pyrrole nitrogens is 1. The molecule has 0 unspecified atom stereocenters. The summed E-state index contributed by atoms with van der Waals surface area (Å²) in [5, 5.41) is 8.80. The standard InChI is InChI=1S/C7H3F2NO3/c8-2-1-3-5(4(9)6(2)11)10-7(12)13-3/h1,11H,(H,10,12). The molecule has 68 valence electrons. The first-order valence-corrected chi connectivity index (χ1v) is 3.29. The van der Waals surface area contributed by atoms with E-state index in [0.29, 0.717) is 0 Å². The summed E-state index contributed by atoms with van der Waals surface area (Å²) >= 11 is 0. The molecule has 0 saturated carbocycles. The summed E-state index contributed by atoms with van der Waals surface area (Å²) in [7, 11) is 0. The van der Waals surface area contributed by atoms with Gasteiger partial charge in [0.05, 0.1) is 0 Å². The first kappa shape index (κ1) is 7.78. The average molecular weight is 187 g/mol. The van der Waals surface area contributed by atoms with Crippen LogP contribution in [0.1, 0.15) is 0 Å². The van der Waals surface area contributed by atoms with Gasteiger partial charge in [0, 0.05) is 6.07 Å². The Balaban J connectivity index is 3.00. The van der Waals surface area contributed by atoms with Crippen molar-refractivity contribution < 1.29 is 18.3 Å². The fourth-order valence-electron chi connectivity index (χ4n) is 1.01. The first-order valence-electron chi connectivity index (χ1n) is 3.29. The molecule has 0 saturated heterocycles. The van der Waals surface area contributed by atoms with Crippen LogP contribution in [0.3, 0.4) is 0 Å². The van der Waals surface area contributed by atoms with E-state index in [1.54, 1.807) is 0 Å². The second kappa shape index (κ2) is 2.32. The van der Waals surface area contributed by atoms with Crippen LogP contribution in [-0.2, 0) is 0 Å². The number of aromatic nitrogens is 1. The van der Waals surface area contributed by atoms with Crippen LogP contribution >= 0.6 is 0 Å². The Hall–Kier alpha value is -1.85. The molecular weight excluding hydrogens is 184 g/mol. The van der Waals surface area contributed by atoms with E-state index in [-0.39, 0.29) is 11.1 Å². The summed E-state index contributed by atoms with van der Waals surface area (Å²) in [5.74, 6) is -4.45. The van der Waals surface area contributed by atoms with Crippen molar-refractivity contribution in [3.8, 4) is 5.75 Å². The number of oxazole rings is 1. The minimum Gasteiger partial charge on any atom is -0.503 e. The monoisotopic (exact) mass is 187 g/mol. The lowest BCUT2D eigenvalue weighted by atomic mass is 10.3. The van der Waals surface area contributed by atoms with E-state index in [1.165, 1.54) is 0 Å². The Morgan fingerprint density at radius 1 is 1.46 bits per heavy atom. The highest BCUT2D eigenvalue weighted by atomic mass is 19.1. The molecule has 2 rings (SSSR count). The van der Waals surface area contributed by atoms with Crippen molar-refractivity contribution in [2.45, 2.75) is 0 Å². The maximum Gasteiger partial charge on any atom is 0.417 e. The zero-order valence-electron chi connectivity index (χ0n) is 6.10. The number of benzene rings is 1. The smallest absolute Gasteiger partial charge is 0.417 e. The molecule has 6 heteroatoms. The van der Waals surface area contributed by atoms with Crippen LogP contribution in [-0.4, -0.2) is 10.1 Å². The molecule has 1 aromatic carbocycles. The van der Waals surface area contributed by atoms with Crippen LogP contribution < -0.4 is 5.76 Å². The number of hydrogen-bond acceptors (Lipinski definition) is 3. The van der Waals surface area contributed by atoms with Crippen molar-refractivity contribution in [1.29, 1.82) is 0 Å². The Bertz CT molecular complexity index is 528. The highest BCUT2D eigenvalue weighted by molar-refractivity contribution is 5.75. The van der Waals surface area contributed by atoms with Crippen LogP contribution in [0.5, 0.6) is 5.75 Å². The highest BCUT2D eigenvalue weighted by Crippen LogP contribution is 2.26. The Labute approximate surface area is 69.4 Å². The van der Waals surface area contributed by atoms with E-state index in [2.05, 4.69) is 4.42 Å². The van der Waals surface area contributed by atoms with E-state index in [0.717, 1.165) is 6.07 Å². The number of fused-ring (bicyclic) bond motifs is 1. The predicted molar refractivity (Wildman–Crippen MR) is 38.4 cm³/mol. The molecule has 13 heavy (non-hydrogen) atoms. The molecule has 0 aliphatic rings. The number of hydrogen-bond donors (Lipinski definition) is 2. The zero-order chi connectivity index (χ0) is 9.59. The van der Waals surface area contributed by atoms with Gasteiger partial charge in [-0.25, -0.2) is 13.6 Å². The molecule has 1 heterocycles. The third-order valence-electron chi connectivity index (χ3n) is 1.59. The van der Waals surface area contributed by atoms with Gasteiger partial charge in [0.1, 0.15) is 5.52 Å². The number of halogens is 2. The van der Waals surface area contributed by atoms with Gasteiger partial charge in [-0.05, 0) is 0 Å². The summed E-state index contributed by atoms with van der Waals surface area (Å²) in [5.41, 5.74) is -0.610. The van der Waals surface area contributed by atoms with Gasteiger partial charge in [0.15, 0.2) is 23.0 Å². The molecule has 0 amide bonds. The van der Waals surface area contributed by atoms with Gasteiger partial charge in [-0.1, -0.05) is 0 Å². The third-order valence-corrected chi connectivity index (χ3v) is 1.59. The van der Waals surface area contributed by atoms with E-state index >= 15 is 0 Å². The summed E-state index contributed by atoms with van der Waals surface area (Å²) in [6.45, 7) is 0. The molecule has 2 aromatic rings. The Kier molecular flexibility index (Phi) is 1.39. The lowest BCUT2D eigenvalue weighted by molar-refractivity contribution is 0.399. The largest absolute Gasteiger partial charge is 0.503 e. The number of nitrogens with one attached hydrogen (secondary N) is 1. The summed E-state index contributed by atoms with van der Waals surface area (Å²) < 4.78 is 30.0. The van der Waals surface area contributed by atoms with Crippen LogP contribution in [0.4, 0.5) is 8.78 Å². The summed E-state index contributed by atoms with van der Waals surface area (Å²) in [6.07, 6.45) is 0. The van der Waals surface area contributed by atoms with Crippen LogP contribution in [0.2, 0.25) is 0 Å². The molecule has 0 fully saturated rings. The van der Waals surface area contributed by atoms with Gasteiger partial charge in [-0.15, -0.1) is 0 Å². The van der Waals surface area contributed by atoms with Crippen molar-refractivity contribution in [2.75, 3.05) is 0 Å². The maximum atomic E-state index is 13.0. The number of aromatic amines is 1. The minimum absolute atomic E-state index is 0.266. The van der Waals surface area contributed by atoms with Gasteiger partial charge < -0.3 is 9.52 Å². The fourth-order valence-corrected chi connectivity index (χ4v) is 1.01. The molecule has 0 spiro atoms. The number of phenols is 1. The lowest BCUT2D eigenvalue weighted by Crippen LogP contribution is -1.94. The Morgan fingerprint density at radius 3 is 2.85 bits per heavy atom. The van der Waals surface area contributed by atoms with Crippen molar-refractivity contribution >= 4 is 11.1 Å². The fraction of sp³-hybridized carbons (Fsp3) is 0. The lowest BCUT2D eigenvalue weighted by Gasteiger charge is -1.95. The number of rotatable bonds is 0. The zero-order valence-corrected chi connectivity index (χ0v) is 6.10. The van der Waals surface area contributed by atoms with Crippen LogP contribution in [0.25, 0.3) is 11.1 Å². The maximum absolute atomic E-state index is 13.0. The summed E-state index contributed by atoms with van der Waals surface area (Å²) in [4.78, 5) is 12.5. The second-order valence-corrected chi connectivity index (χ2v) is 2.41. The highest BCUT2D eigenvalue weighted by Gasteiger charge is 2.15. The topological polar surface area (TPSA) is 66.2 Å². The van der Waals surface area contributed by atoms with Crippen LogP contribution in [0, 0.1) is 11.6 Å². The molecule has 4 nitrogen and oxygen atoms in total. The first-order chi connectivity index (χ1) is 6.09. The van der Waals surface area contributed by atoms with Crippen molar-refractivity contribution in [1.82, 2.24) is 4.98 Å². The van der Waals surface area contributed by atoms with Gasteiger partial charge in [0.2, 0.25) is 0 Å². The van der Waals surface area contributed by atoms with Crippen molar-refractivity contribution in [3.05, 3.63) is 28.3 Å². The van der Waals surface area contributed by atoms with E-state index < -0.39 is 23.1 Å². The van der Waals surface area contributed by atoms with Gasteiger partial charge >= 0.3 is 5.76 Å². The van der Waals surface area contributed by atoms with Crippen LogP contribution in [0.15, 0.2) is 15.3 Å². The van der Waals surface area contributed by atoms with Gasteiger partial charge in [-0.2, -0.15) is 0 Å². The van der Waals surface area contributed by atoms with E-state index in [1.807, 2.05) is 4.98 Å². The second-order valence-electron chi connectivity index (χ2n) is 2.41. The molecule has 0 aliphatic heterocycles. The molecule has 2 N–H and O–H groups in total.